The van der Waals surface area contributed by atoms with Gasteiger partial charge in [0.2, 0.25) is 17.7 Å². The topological polar surface area (TPSA) is 152 Å². The summed E-state index contributed by atoms with van der Waals surface area (Å²) >= 11 is 0. The van der Waals surface area contributed by atoms with Crippen molar-refractivity contribution in [3.8, 4) is 0 Å². The van der Waals surface area contributed by atoms with E-state index in [2.05, 4.69) is 21.3 Å². The maximum atomic E-state index is 13.5. The minimum absolute atomic E-state index is 0.00293. The summed E-state index contributed by atoms with van der Waals surface area (Å²) in [5, 5.41) is 10.7. The number of methoxy groups -OCH3 is 1. The number of halogens is 1. The SMILES string of the molecule is COC(=O)[C@H](C[C@@H]1CCCNC1=O)NC(=O)[C@H](CC(C)C)NC(=O)[C@H](Cc1ccc(F)cc1)NC(=O)OC(C)(C)C. The van der Waals surface area contributed by atoms with Crippen LogP contribution in [0.3, 0.4) is 0 Å². The predicted octanol–water partition coefficient (Wildman–Crippen LogP) is 2.37. The first kappa shape index (κ1) is 33.5. The molecule has 1 fully saturated rings. The van der Waals surface area contributed by atoms with Gasteiger partial charge in [-0.3, -0.25) is 14.4 Å². The highest BCUT2D eigenvalue weighted by Crippen LogP contribution is 2.19. The molecule has 1 aromatic carbocycles. The first-order valence-corrected chi connectivity index (χ1v) is 13.9. The summed E-state index contributed by atoms with van der Waals surface area (Å²) in [6, 6.07) is 2.16. The van der Waals surface area contributed by atoms with Crippen LogP contribution in [0.25, 0.3) is 0 Å². The number of alkyl carbamates (subject to hydrolysis) is 1. The van der Waals surface area contributed by atoms with E-state index in [1.165, 1.54) is 31.4 Å². The molecule has 0 radical (unpaired) electrons. The lowest BCUT2D eigenvalue weighted by atomic mass is 9.91. The Hall–Kier alpha value is -3.70. The molecule has 0 aromatic heterocycles. The maximum absolute atomic E-state index is 13.5. The van der Waals surface area contributed by atoms with Crippen molar-refractivity contribution in [3.63, 3.8) is 0 Å². The van der Waals surface area contributed by atoms with Gasteiger partial charge in [-0.05, 0) is 70.1 Å². The summed E-state index contributed by atoms with van der Waals surface area (Å²) in [6.45, 7) is 9.33. The van der Waals surface area contributed by atoms with Crippen molar-refractivity contribution >= 4 is 29.8 Å². The van der Waals surface area contributed by atoms with Crippen molar-refractivity contribution in [1.29, 1.82) is 0 Å². The highest BCUT2D eigenvalue weighted by Gasteiger charge is 2.34. The van der Waals surface area contributed by atoms with Crippen LogP contribution in [-0.2, 0) is 35.1 Å². The fraction of sp³-hybridized carbons (Fsp3) is 0.621. The predicted molar refractivity (Wildman–Crippen MR) is 149 cm³/mol. The second kappa shape index (κ2) is 15.3. The van der Waals surface area contributed by atoms with E-state index in [9.17, 15) is 28.4 Å². The van der Waals surface area contributed by atoms with E-state index in [0.717, 1.165) is 6.42 Å². The molecule has 11 nitrogen and oxygen atoms in total. The fourth-order valence-electron chi connectivity index (χ4n) is 4.46. The summed E-state index contributed by atoms with van der Waals surface area (Å²) in [5.74, 6) is -3.13. The molecular formula is C29H43FN4O7. The van der Waals surface area contributed by atoms with Crippen LogP contribution in [0.5, 0.6) is 0 Å². The van der Waals surface area contributed by atoms with Crippen molar-refractivity contribution in [2.75, 3.05) is 13.7 Å². The number of ether oxygens (including phenoxy) is 2. The molecule has 1 heterocycles. The molecule has 1 saturated heterocycles. The van der Waals surface area contributed by atoms with E-state index in [1.807, 2.05) is 13.8 Å². The van der Waals surface area contributed by atoms with Gasteiger partial charge >= 0.3 is 12.1 Å². The number of carbonyl (C=O) groups excluding carboxylic acids is 5. The molecule has 4 N–H and O–H groups in total. The number of carbonyl (C=O) groups is 5. The Morgan fingerprint density at radius 1 is 1.00 bits per heavy atom. The Morgan fingerprint density at radius 2 is 1.61 bits per heavy atom. The highest BCUT2D eigenvalue weighted by atomic mass is 19.1. The van der Waals surface area contributed by atoms with Crippen LogP contribution < -0.4 is 21.3 Å². The fourth-order valence-corrected chi connectivity index (χ4v) is 4.46. The number of benzene rings is 1. The number of hydrogen-bond acceptors (Lipinski definition) is 7. The number of esters is 1. The van der Waals surface area contributed by atoms with Gasteiger partial charge in [0.05, 0.1) is 7.11 Å². The Balaban J connectivity index is 2.23. The zero-order valence-electron chi connectivity index (χ0n) is 24.7. The van der Waals surface area contributed by atoms with Crippen molar-refractivity contribution in [2.24, 2.45) is 11.8 Å². The molecule has 4 amide bonds. The van der Waals surface area contributed by atoms with Crippen LogP contribution in [-0.4, -0.2) is 67.2 Å². The summed E-state index contributed by atoms with van der Waals surface area (Å²) in [7, 11) is 1.19. The third-order valence-corrected chi connectivity index (χ3v) is 6.42. The van der Waals surface area contributed by atoms with Crippen LogP contribution in [0.4, 0.5) is 9.18 Å². The molecule has 0 saturated carbocycles. The molecule has 228 valence electrons. The van der Waals surface area contributed by atoms with Crippen LogP contribution in [0, 0.1) is 17.7 Å². The van der Waals surface area contributed by atoms with Gasteiger partial charge in [0, 0.05) is 18.9 Å². The van der Waals surface area contributed by atoms with Crippen LogP contribution in [0.15, 0.2) is 24.3 Å². The smallest absolute Gasteiger partial charge is 0.408 e. The third-order valence-electron chi connectivity index (χ3n) is 6.42. The molecule has 4 atom stereocenters. The number of rotatable bonds is 12. The van der Waals surface area contributed by atoms with Crippen molar-refractivity contribution < 1.29 is 37.8 Å². The van der Waals surface area contributed by atoms with E-state index >= 15 is 0 Å². The molecule has 1 aliphatic heterocycles. The lowest BCUT2D eigenvalue weighted by molar-refractivity contribution is -0.146. The Bertz CT molecular complexity index is 1070. The lowest BCUT2D eigenvalue weighted by Crippen LogP contribution is -2.57. The van der Waals surface area contributed by atoms with Gasteiger partial charge in [0.1, 0.15) is 29.5 Å². The molecule has 0 aliphatic carbocycles. The summed E-state index contributed by atoms with van der Waals surface area (Å²) in [4.78, 5) is 64.2. The Morgan fingerprint density at radius 3 is 2.17 bits per heavy atom. The lowest BCUT2D eigenvalue weighted by Gasteiger charge is -2.28. The van der Waals surface area contributed by atoms with E-state index in [4.69, 9.17) is 9.47 Å². The minimum atomic E-state index is -1.15. The molecule has 1 aliphatic rings. The van der Waals surface area contributed by atoms with Crippen LogP contribution >= 0.6 is 0 Å². The first-order chi connectivity index (χ1) is 19.2. The van der Waals surface area contributed by atoms with Gasteiger partial charge < -0.3 is 30.7 Å². The normalized spacial score (nSPS) is 17.5. The maximum Gasteiger partial charge on any atom is 0.408 e. The van der Waals surface area contributed by atoms with Crippen molar-refractivity contribution in [2.45, 2.75) is 90.4 Å². The minimum Gasteiger partial charge on any atom is -0.467 e. The summed E-state index contributed by atoms with van der Waals surface area (Å²) < 4.78 is 23.6. The van der Waals surface area contributed by atoms with E-state index in [1.54, 1.807) is 20.8 Å². The second-order valence-corrected chi connectivity index (χ2v) is 11.7. The molecule has 1 aromatic rings. The van der Waals surface area contributed by atoms with Crippen molar-refractivity contribution in [1.82, 2.24) is 21.3 Å². The Kier molecular flexibility index (Phi) is 12.5. The number of nitrogens with one attached hydrogen (secondary N) is 4. The van der Waals surface area contributed by atoms with Gasteiger partial charge in [0.25, 0.3) is 0 Å². The third kappa shape index (κ3) is 11.7. The van der Waals surface area contributed by atoms with Gasteiger partial charge in [-0.15, -0.1) is 0 Å². The standard InChI is InChI=1S/C29H43FN4O7/c1-17(2)14-21(25(36)33-23(27(38)40-6)16-19-8-7-13-31-24(19)35)32-26(37)22(34-28(39)41-29(3,4)5)15-18-9-11-20(30)12-10-18/h9-12,17,19,21-23H,7-8,13-16H2,1-6H3,(H,31,35)(H,32,37)(H,33,36)(H,34,39)/t19-,21-,22-,23-/m0/s1. The monoisotopic (exact) mass is 578 g/mol. The average molecular weight is 579 g/mol. The molecule has 41 heavy (non-hydrogen) atoms. The average Bonchev–Trinajstić information content (AvgIpc) is 2.88. The largest absolute Gasteiger partial charge is 0.467 e. The molecule has 0 unspecified atom stereocenters. The molecule has 0 bridgehead atoms. The zero-order chi connectivity index (χ0) is 30.7. The van der Waals surface area contributed by atoms with Gasteiger partial charge in [-0.1, -0.05) is 26.0 Å². The zero-order valence-corrected chi connectivity index (χ0v) is 24.7. The second-order valence-electron chi connectivity index (χ2n) is 11.7. The van der Waals surface area contributed by atoms with E-state index < -0.39 is 59.3 Å². The van der Waals surface area contributed by atoms with Gasteiger partial charge in [-0.2, -0.15) is 0 Å². The molecule has 12 heteroatoms. The van der Waals surface area contributed by atoms with Gasteiger partial charge in [0.15, 0.2) is 0 Å². The quantitative estimate of drug-likeness (QED) is 0.278. The molecule has 0 spiro atoms. The van der Waals surface area contributed by atoms with Crippen LogP contribution in [0.2, 0.25) is 0 Å². The first-order valence-electron chi connectivity index (χ1n) is 13.9. The van der Waals surface area contributed by atoms with E-state index in [0.29, 0.717) is 18.5 Å². The van der Waals surface area contributed by atoms with Crippen LogP contribution in [0.1, 0.15) is 65.9 Å². The van der Waals surface area contributed by atoms with Gasteiger partial charge in [-0.25, -0.2) is 14.0 Å². The molecular weight excluding hydrogens is 535 g/mol. The summed E-state index contributed by atoms with van der Waals surface area (Å²) in [5.41, 5.74) is -0.247. The Labute approximate surface area is 240 Å². The number of hydrogen-bond donors (Lipinski definition) is 4. The highest BCUT2D eigenvalue weighted by molar-refractivity contribution is 5.93. The number of amides is 4. The van der Waals surface area contributed by atoms with E-state index in [-0.39, 0.29) is 31.1 Å². The summed E-state index contributed by atoms with van der Waals surface area (Å²) in [6.07, 6.45) is 0.780. The number of piperidine rings is 1. The molecule has 2 rings (SSSR count). The van der Waals surface area contributed by atoms with Crippen molar-refractivity contribution in [3.05, 3.63) is 35.6 Å².